The van der Waals surface area contributed by atoms with Crippen LogP contribution in [0.3, 0.4) is 0 Å². The zero-order valence-corrected chi connectivity index (χ0v) is 12.1. The largest absolute Gasteiger partial charge is 0.437 e. The van der Waals surface area contributed by atoms with Crippen LogP contribution in [0.1, 0.15) is 12.5 Å². The average molecular weight is 298 g/mol. The molecule has 1 N–H and O–H groups in total. The number of aryl methyl sites for hydroxylation is 1. The van der Waals surface area contributed by atoms with Gasteiger partial charge in [-0.2, -0.15) is 4.98 Å². The van der Waals surface area contributed by atoms with E-state index in [0.717, 1.165) is 12.1 Å². The third kappa shape index (κ3) is 3.49. The molecule has 2 aromatic rings. The smallest absolute Gasteiger partial charge is 0.227 e. The van der Waals surface area contributed by atoms with Crippen LogP contribution < -0.4 is 10.1 Å². The highest BCUT2D eigenvalue weighted by atomic mass is 35.5. The Hall–Kier alpha value is -1.52. The lowest BCUT2D eigenvalue weighted by molar-refractivity contribution is 0.458. The number of aromatic nitrogens is 2. The molecule has 0 amide bonds. The van der Waals surface area contributed by atoms with Gasteiger partial charge >= 0.3 is 0 Å². The maximum Gasteiger partial charge on any atom is 0.227 e. The molecule has 0 radical (unpaired) electrons. The van der Waals surface area contributed by atoms with E-state index in [4.69, 9.17) is 27.9 Å². The molecule has 100 valence electrons. The summed E-state index contributed by atoms with van der Waals surface area (Å²) in [5.74, 6) is 1.50. The third-order valence-electron chi connectivity index (χ3n) is 2.36. The lowest BCUT2D eigenvalue weighted by atomic mass is 10.3. The molecule has 0 saturated heterocycles. The molecule has 0 atom stereocenters. The van der Waals surface area contributed by atoms with Gasteiger partial charge < -0.3 is 10.1 Å². The number of hydrogen-bond donors (Lipinski definition) is 1. The highest BCUT2D eigenvalue weighted by Crippen LogP contribution is 2.32. The average Bonchev–Trinajstić information content (AvgIpc) is 2.37. The molecular formula is C13H13Cl2N3O. The summed E-state index contributed by atoms with van der Waals surface area (Å²) in [5, 5.41) is 4.03. The molecule has 0 aliphatic rings. The second-order valence-electron chi connectivity index (χ2n) is 3.89. The van der Waals surface area contributed by atoms with Crippen molar-refractivity contribution in [3.05, 3.63) is 40.0 Å². The van der Waals surface area contributed by atoms with E-state index in [9.17, 15) is 0 Å². The first-order valence-corrected chi connectivity index (χ1v) is 6.56. The molecule has 2 rings (SSSR count). The lowest BCUT2D eigenvalue weighted by Crippen LogP contribution is -2.03. The molecule has 4 nitrogen and oxygen atoms in total. The van der Waals surface area contributed by atoms with Gasteiger partial charge in [0, 0.05) is 23.3 Å². The fourth-order valence-electron chi connectivity index (χ4n) is 1.44. The summed E-state index contributed by atoms with van der Waals surface area (Å²) in [6, 6.07) is 5.05. The highest BCUT2D eigenvalue weighted by Gasteiger charge is 2.09. The summed E-state index contributed by atoms with van der Waals surface area (Å²) in [6.45, 7) is 4.58. The van der Waals surface area contributed by atoms with Crippen LogP contribution in [0.25, 0.3) is 0 Å². The fourth-order valence-corrected chi connectivity index (χ4v) is 1.88. The van der Waals surface area contributed by atoms with Gasteiger partial charge in [-0.15, -0.1) is 0 Å². The highest BCUT2D eigenvalue weighted by molar-refractivity contribution is 6.35. The molecule has 1 aromatic carbocycles. The van der Waals surface area contributed by atoms with Gasteiger partial charge in [0.15, 0.2) is 0 Å². The maximum atomic E-state index is 6.06. The molecule has 1 aromatic heterocycles. The van der Waals surface area contributed by atoms with Crippen molar-refractivity contribution in [1.82, 2.24) is 9.97 Å². The van der Waals surface area contributed by atoms with Gasteiger partial charge in [0.25, 0.3) is 0 Å². The molecular weight excluding hydrogens is 285 g/mol. The minimum absolute atomic E-state index is 0.440. The van der Waals surface area contributed by atoms with Gasteiger partial charge in [0.05, 0.1) is 5.02 Å². The van der Waals surface area contributed by atoms with Gasteiger partial charge in [-0.1, -0.05) is 23.2 Å². The molecule has 0 fully saturated rings. The van der Waals surface area contributed by atoms with Crippen molar-refractivity contribution < 1.29 is 4.74 Å². The van der Waals surface area contributed by atoms with Crippen molar-refractivity contribution in [3.63, 3.8) is 0 Å². The summed E-state index contributed by atoms with van der Waals surface area (Å²) in [7, 11) is 0. The van der Waals surface area contributed by atoms with Crippen molar-refractivity contribution >= 4 is 29.2 Å². The topological polar surface area (TPSA) is 47.0 Å². The Bertz CT molecular complexity index is 590. The Morgan fingerprint density at radius 2 is 2.11 bits per heavy atom. The molecule has 0 saturated carbocycles. The van der Waals surface area contributed by atoms with Crippen molar-refractivity contribution in [2.45, 2.75) is 13.8 Å². The standard InChI is InChI=1S/C13H13Cl2N3O/c1-3-16-13-17-7-8(2)12(18-13)19-11-5-4-9(14)6-10(11)15/h4-7H,3H2,1-2H3,(H,16,17,18). The minimum atomic E-state index is 0.440. The van der Waals surface area contributed by atoms with Crippen LogP contribution >= 0.6 is 23.2 Å². The van der Waals surface area contributed by atoms with E-state index < -0.39 is 0 Å². The molecule has 0 aliphatic carbocycles. The van der Waals surface area contributed by atoms with Crippen LogP contribution in [-0.4, -0.2) is 16.5 Å². The van der Waals surface area contributed by atoms with Crippen LogP contribution in [-0.2, 0) is 0 Å². The molecule has 6 heteroatoms. The van der Waals surface area contributed by atoms with Crippen LogP contribution in [0.15, 0.2) is 24.4 Å². The van der Waals surface area contributed by atoms with Gasteiger partial charge in [-0.25, -0.2) is 4.98 Å². The predicted octanol–water partition coefficient (Wildman–Crippen LogP) is 4.32. The van der Waals surface area contributed by atoms with Gasteiger partial charge in [-0.3, -0.25) is 0 Å². The summed E-state index contributed by atoms with van der Waals surface area (Å²) >= 11 is 11.9. The number of ether oxygens (including phenoxy) is 1. The van der Waals surface area contributed by atoms with E-state index in [2.05, 4.69) is 15.3 Å². The SMILES string of the molecule is CCNc1ncc(C)c(Oc2ccc(Cl)cc2Cl)n1. The minimum Gasteiger partial charge on any atom is -0.437 e. The fraction of sp³-hybridized carbons (Fsp3) is 0.231. The van der Waals surface area contributed by atoms with Crippen LogP contribution in [0.5, 0.6) is 11.6 Å². The zero-order valence-electron chi connectivity index (χ0n) is 10.6. The Balaban J connectivity index is 2.29. The van der Waals surface area contributed by atoms with Crippen molar-refractivity contribution in [2.75, 3.05) is 11.9 Å². The second-order valence-corrected chi connectivity index (χ2v) is 4.73. The first-order chi connectivity index (χ1) is 9.10. The molecule has 0 spiro atoms. The quantitative estimate of drug-likeness (QED) is 0.913. The maximum absolute atomic E-state index is 6.06. The van der Waals surface area contributed by atoms with E-state index in [0.29, 0.717) is 27.6 Å². The van der Waals surface area contributed by atoms with Crippen LogP contribution in [0, 0.1) is 6.92 Å². The molecule has 0 aliphatic heterocycles. The summed E-state index contributed by atoms with van der Waals surface area (Å²) < 4.78 is 5.70. The van der Waals surface area contributed by atoms with Gasteiger partial charge in [0.1, 0.15) is 5.75 Å². The summed E-state index contributed by atoms with van der Waals surface area (Å²) in [6.07, 6.45) is 1.70. The van der Waals surface area contributed by atoms with Crippen molar-refractivity contribution in [3.8, 4) is 11.6 Å². The first kappa shape index (κ1) is 13.9. The van der Waals surface area contributed by atoms with E-state index in [-0.39, 0.29) is 0 Å². The molecule has 1 heterocycles. The first-order valence-electron chi connectivity index (χ1n) is 5.80. The van der Waals surface area contributed by atoms with Gasteiger partial charge in [-0.05, 0) is 32.0 Å². The van der Waals surface area contributed by atoms with E-state index in [1.807, 2.05) is 13.8 Å². The normalized spacial score (nSPS) is 10.3. The number of rotatable bonds is 4. The molecule has 0 unspecified atom stereocenters. The second kappa shape index (κ2) is 6.08. The number of benzene rings is 1. The zero-order chi connectivity index (χ0) is 13.8. The molecule has 19 heavy (non-hydrogen) atoms. The Morgan fingerprint density at radius 3 is 2.79 bits per heavy atom. The lowest BCUT2D eigenvalue weighted by Gasteiger charge is -2.10. The van der Waals surface area contributed by atoms with Gasteiger partial charge in [0.2, 0.25) is 11.8 Å². The van der Waals surface area contributed by atoms with E-state index in [1.165, 1.54) is 0 Å². The number of halogens is 2. The van der Waals surface area contributed by atoms with E-state index >= 15 is 0 Å². The number of anilines is 1. The van der Waals surface area contributed by atoms with E-state index in [1.54, 1.807) is 24.4 Å². The summed E-state index contributed by atoms with van der Waals surface area (Å²) in [5.41, 5.74) is 0.827. The third-order valence-corrected chi connectivity index (χ3v) is 2.89. The number of hydrogen-bond acceptors (Lipinski definition) is 4. The van der Waals surface area contributed by atoms with Crippen LogP contribution in [0.4, 0.5) is 5.95 Å². The van der Waals surface area contributed by atoms with Crippen LogP contribution in [0.2, 0.25) is 10.0 Å². The van der Waals surface area contributed by atoms with Crippen molar-refractivity contribution in [2.24, 2.45) is 0 Å². The predicted molar refractivity (Wildman–Crippen MR) is 77.5 cm³/mol. The Labute approximate surface area is 121 Å². The van der Waals surface area contributed by atoms with Crippen molar-refractivity contribution in [1.29, 1.82) is 0 Å². The monoisotopic (exact) mass is 297 g/mol. The Kier molecular flexibility index (Phi) is 4.45. The summed E-state index contributed by atoms with van der Waals surface area (Å²) in [4.78, 5) is 8.44. The Morgan fingerprint density at radius 1 is 1.32 bits per heavy atom. The number of nitrogens with zero attached hydrogens (tertiary/aromatic N) is 2. The number of nitrogens with one attached hydrogen (secondary N) is 1. The molecule has 0 bridgehead atoms.